The molecule has 0 bridgehead atoms. The monoisotopic (exact) mass is 234 g/mol. The largest absolute Gasteiger partial charge is 0.459 e. The Labute approximate surface area is 97.8 Å². The van der Waals surface area contributed by atoms with Crippen LogP contribution in [0.25, 0.3) is 11.4 Å². The van der Waals surface area contributed by atoms with Gasteiger partial charge < -0.3 is 9.26 Å². The van der Waals surface area contributed by atoms with Gasteiger partial charge in [0.15, 0.2) is 12.4 Å². The topological polar surface area (TPSA) is 69.1 Å². The Morgan fingerprint density at radius 1 is 1.47 bits per heavy atom. The van der Waals surface area contributed by atoms with Crippen molar-refractivity contribution in [3.63, 3.8) is 0 Å². The molecule has 2 aromatic heterocycles. The van der Waals surface area contributed by atoms with Gasteiger partial charge in [-0.25, -0.2) is 9.36 Å². The lowest BCUT2D eigenvalue weighted by molar-refractivity contribution is -0.671. The Morgan fingerprint density at radius 2 is 2.18 bits per heavy atom. The van der Waals surface area contributed by atoms with Gasteiger partial charge in [0.05, 0.1) is 6.61 Å². The SMILES string of the molecule is CCOC(=O)c1nc(-c2cc[n+](C)cc2)no1. The Bertz CT molecular complexity index is 519. The molecule has 0 spiro atoms. The van der Waals surface area contributed by atoms with Crippen molar-refractivity contribution >= 4 is 5.97 Å². The highest BCUT2D eigenvalue weighted by atomic mass is 16.6. The van der Waals surface area contributed by atoms with Crippen molar-refractivity contribution < 1.29 is 18.6 Å². The maximum atomic E-state index is 11.3. The van der Waals surface area contributed by atoms with Gasteiger partial charge in [0.2, 0.25) is 5.82 Å². The lowest BCUT2D eigenvalue weighted by atomic mass is 10.2. The molecule has 0 saturated carbocycles. The zero-order valence-corrected chi connectivity index (χ0v) is 9.58. The fourth-order valence-corrected chi connectivity index (χ4v) is 1.27. The van der Waals surface area contributed by atoms with Crippen molar-refractivity contribution in [3.8, 4) is 11.4 Å². The van der Waals surface area contributed by atoms with E-state index in [1.165, 1.54) is 0 Å². The minimum atomic E-state index is -0.604. The molecular formula is C11H12N3O3+. The van der Waals surface area contributed by atoms with Crippen molar-refractivity contribution in [1.29, 1.82) is 0 Å². The lowest BCUT2D eigenvalue weighted by Gasteiger charge is -1.93. The van der Waals surface area contributed by atoms with Crippen LogP contribution in [-0.4, -0.2) is 22.7 Å². The minimum absolute atomic E-state index is 0.130. The summed E-state index contributed by atoms with van der Waals surface area (Å²) in [6.45, 7) is 1.99. The molecule has 0 aliphatic heterocycles. The zero-order chi connectivity index (χ0) is 12.3. The van der Waals surface area contributed by atoms with Crippen LogP contribution in [0.4, 0.5) is 0 Å². The van der Waals surface area contributed by atoms with Crippen LogP contribution in [0.2, 0.25) is 0 Å². The quantitative estimate of drug-likeness (QED) is 0.578. The summed E-state index contributed by atoms with van der Waals surface area (Å²) in [6, 6.07) is 3.67. The van der Waals surface area contributed by atoms with E-state index in [0.29, 0.717) is 5.82 Å². The molecule has 2 rings (SSSR count). The van der Waals surface area contributed by atoms with Crippen LogP contribution < -0.4 is 4.57 Å². The first-order valence-electron chi connectivity index (χ1n) is 5.17. The van der Waals surface area contributed by atoms with Crippen LogP contribution in [0.15, 0.2) is 29.0 Å². The van der Waals surface area contributed by atoms with E-state index >= 15 is 0 Å². The third kappa shape index (κ3) is 2.47. The number of nitrogens with zero attached hydrogens (tertiary/aromatic N) is 3. The molecule has 6 heteroatoms. The van der Waals surface area contributed by atoms with Crippen LogP contribution >= 0.6 is 0 Å². The molecule has 0 fully saturated rings. The first-order chi connectivity index (χ1) is 8.20. The van der Waals surface area contributed by atoms with Crippen molar-refractivity contribution in [2.45, 2.75) is 6.92 Å². The van der Waals surface area contributed by atoms with E-state index in [9.17, 15) is 4.79 Å². The highest BCUT2D eigenvalue weighted by Gasteiger charge is 2.17. The summed E-state index contributed by atoms with van der Waals surface area (Å²) in [5.41, 5.74) is 0.780. The second-order valence-corrected chi connectivity index (χ2v) is 3.40. The molecule has 0 aliphatic carbocycles. The molecule has 0 radical (unpaired) electrons. The second-order valence-electron chi connectivity index (χ2n) is 3.40. The molecule has 6 nitrogen and oxygen atoms in total. The Balaban J connectivity index is 2.23. The summed E-state index contributed by atoms with van der Waals surface area (Å²) in [7, 11) is 1.91. The summed E-state index contributed by atoms with van der Waals surface area (Å²) in [4.78, 5) is 15.3. The molecule has 17 heavy (non-hydrogen) atoms. The fraction of sp³-hybridized carbons (Fsp3) is 0.273. The van der Waals surface area contributed by atoms with Crippen molar-refractivity contribution in [1.82, 2.24) is 10.1 Å². The van der Waals surface area contributed by atoms with E-state index in [1.54, 1.807) is 6.92 Å². The van der Waals surface area contributed by atoms with Crippen molar-refractivity contribution in [2.75, 3.05) is 6.61 Å². The lowest BCUT2D eigenvalue weighted by Crippen LogP contribution is -2.25. The first kappa shape index (κ1) is 11.3. The van der Waals surface area contributed by atoms with Gasteiger partial charge >= 0.3 is 11.9 Å². The van der Waals surface area contributed by atoms with Crippen LogP contribution in [0.5, 0.6) is 0 Å². The average molecular weight is 234 g/mol. The predicted molar refractivity (Wildman–Crippen MR) is 56.9 cm³/mol. The average Bonchev–Trinajstić information content (AvgIpc) is 2.80. The van der Waals surface area contributed by atoms with Crippen molar-refractivity contribution in [2.24, 2.45) is 7.05 Å². The summed E-state index contributed by atoms with van der Waals surface area (Å²) in [6.07, 6.45) is 3.71. The Hall–Kier alpha value is -2.24. The van der Waals surface area contributed by atoms with Crippen LogP contribution in [0.1, 0.15) is 17.6 Å². The number of pyridine rings is 1. The number of rotatable bonds is 3. The number of ether oxygens (including phenoxy) is 1. The Kier molecular flexibility index (Phi) is 3.13. The first-order valence-corrected chi connectivity index (χ1v) is 5.17. The van der Waals surface area contributed by atoms with Gasteiger partial charge in [0.1, 0.15) is 7.05 Å². The third-order valence-electron chi connectivity index (χ3n) is 2.11. The predicted octanol–water partition coefficient (Wildman–Crippen LogP) is 0.738. The minimum Gasteiger partial charge on any atom is -0.459 e. The molecule has 0 unspecified atom stereocenters. The van der Waals surface area contributed by atoms with E-state index in [1.807, 2.05) is 36.1 Å². The second kappa shape index (κ2) is 4.73. The number of aromatic nitrogens is 3. The van der Waals surface area contributed by atoms with Crippen LogP contribution in [0.3, 0.4) is 0 Å². The van der Waals surface area contributed by atoms with Gasteiger partial charge in [-0.2, -0.15) is 4.98 Å². The van der Waals surface area contributed by atoms with E-state index in [2.05, 4.69) is 10.1 Å². The van der Waals surface area contributed by atoms with Gasteiger partial charge in [0.25, 0.3) is 0 Å². The van der Waals surface area contributed by atoms with E-state index in [4.69, 9.17) is 9.26 Å². The molecule has 0 aliphatic rings. The van der Waals surface area contributed by atoms with Crippen molar-refractivity contribution in [3.05, 3.63) is 30.4 Å². The smallest absolute Gasteiger partial charge is 0.397 e. The molecule has 88 valence electrons. The number of esters is 1. The third-order valence-corrected chi connectivity index (χ3v) is 2.11. The van der Waals surface area contributed by atoms with Crippen LogP contribution in [-0.2, 0) is 11.8 Å². The van der Waals surface area contributed by atoms with Gasteiger partial charge in [-0.05, 0) is 6.92 Å². The molecule has 2 aromatic rings. The fourth-order valence-electron chi connectivity index (χ4n) is 1.27. The van der Waals surface area contributed by atoms with E-state index in [-0.39, 0.29) is 12.5 Å². The number of carbonyl (C=O) groups is 1. The maximum absolute atomic E-state index is 11.3. The molecule has 0 aromatic carbocycles. The number of aryl methyl sites for hydroxylation is 1. The van der Waals surface area contributed by atoms with Gasteiger partial charge in [0, 0.05) is 17.7 Å². The maximum Gasteiger partial charge on any atom is 0.397 e. The van der Waals surface area contributed by atoms with Gasteiger partial charge in [-0.3, -0.25) is 0 Å². The normalized spacial score (nSPS) is 10.2. The number of hydrogen-bond acceptors (Lipinski definition) is 5. The van der Waals surface area contributed by atoms with Gasteiger partial charge in [-0.15, -0.1) is 0 Å². The standard InChI is InChI=1S/C11H12N3O3/c1-3-16-11(15)10-12-9(13-17-10)8-4-6-14(2)7-5-8/h4-7H,3H2,1-2H3/q+1. The van der Waals surface area contributed by atoms with Gasteiger partial charge in [-0.1, -0.05) is 5.16 Å². The Morgan fingerprint density at radius 3 is 2.82 bits per heavy atom. The summed E-state index contributed by atoms with van der Waals surface area (Å²) in [5, 5.41) is 3.72. The summed E-state index contributed by atoms with van der Waals surface area (Å²) >= 11 is 0. The molecule has 0 amide bonds. The molecule has 0 N–H and O–H groups in total. The molecule has 0 atom stereocenters. The highest BCUT2D eigenvalue weighted by molar-refractivity contribution is 5.84. The molecule has 2 heterocycles. The summed E-state index contributed by atoms with van der Waals surface area (Å²) in [5.74, 6) is -0.364. The molecular weight excluding hydrogens is 222 g/mol. The van der Waals surface area contributed by atoms with E-state index < -0.39 is 5.97 Å². The van der Waals surface area contributed by atoms with Crippen LogP contribution in [0, 0.1) is 0 Å². The van der Waals surface area contributed by atoms with E-state index in [0.717, 1.165) is 5.56 Å². The molecule has 0 saturated heterocycles. The highest BCUT2D eigenvalue weighted by Crippen LogP contribution is 2.13. The number of hydrogen-bond donors (Lipinski definition) is 0. The summed E-state index contributed by atoms with van der Waals surface area (Å²) < 4.78 is 11.5. The zero-order valence-electron chi connectivity index (χ0n) is 9.58. The number of carbonyl (C=O) groups excluding carboxylic acids is 1.